The number of thiazole rings is 2. The summed E-state index contributed by atoms with van der Waals surface area (Å²) in [5.41, 5.74) is 2.87. The average Bonchev–Trinajstić information content (AvgIpc) is 3.33. The van der Waals surface area contributed by atoms with E-state index in [4.69, 9.17) is 0 Å². The summed E-state index contributed by atoms with van der Waals surface area (Å²) in [6.07, 6.45) is 1.81. The van der Waals surface area contributed by atoms with Crippen molar-refractivity contribution >= 4 is 27.8 Å². The zero-order chi connectivity index (χ0) is 17.1. The highest BCUT2D eigenvalue weighted by molar-refractivity contribution is 7.14. The van der Waals surface area contributed by atoms with Crippen LogP contribution in [0, 0.1) is 5.82 Å². The molecule has 4 aromatic rings. The first-order chi connectivity index (χ1) is 12.3. The molecule has 124 valence electrons. The zero-order valence-electron chi connectivity index (χ0n) is 13.1. The van der Waals surface area contributed by atoms with Crippen molar-refractivity contribution in [3.63, 3.8) is 0 Å². The molecular weight excluding hydrogens is 353 g/mol. The first-order valence-electron chi connectivity index (χ1n) is 7.72. The molecular formula is C19H14FN3S2. The molecule has 2 aromatic heterocycles. The summed E-state index contributed by atoms with van der Waals surface area (Å²) in [4.78, 5) is 9.10. The van der Waals surface area contributed by atoms with Gasteiger partial charge in [0.15, 0.2) is 5.13 Å². The number of nitrogens with zero attached hydrogens (tertiary/aromatic N) is 2. The standard InChI is InChI=1S/C19H14FN3S2/c20-15-8-6-13(7-9-15)16-12-25-19(22-16)23-17(18-21-10-11-24-18)14-4-2-1-3-5-14/h1-12,17H,(H,22,23). The summed E-state index contributed by atoms with van der Waals surface area (Å²) in [7, 11) is 0. The second-order valence-corrected chi connectivity index (χ2v) is 7.19. The van der Waals surface area contributed by atoms with Gasteiger partial charge in [-0.15, -0.1) is 22.7 Å². The lowest BCUT2D eigenvalue weighted by atomic mass is 10.1. The van der Waals surface area contributed by atoms with E-state index in [0.717, 1.165) is 27.0 Å². The van der Waals surface area contributed by atoms with E-state index in [0.29, 0.717) is 0 Å². The average molecular weight is 367 g/mol. The summed E-state index contributed by atoms with van der Waals surface area (Å²) in [6, 6.07) is 16.5. The van der Waals surface area contributed by atoms with Crippen molar-refractivity contribution in [2.24, 2.45) is 0 Å². The lowest BCUT2D eigenvalue weighted by Crippen LogP contribution is -2.11. The SMILES string of the molecule is Fc1ccc(-c2csc(NC(c3ccccc3)c3nccs3)n2)cc1. The van der Waals surface area contributed by atoms with E-state index in [1.165, 1.54) is 23.5 Å². The van der Waals surface area contributed by atoms with Gasteiger partial charge >= 0.3 is 0 Å². The maximum atomic E-state index is 13.1. The third-order valence-electron chi connectivity index (χ3n) is 3.74. The second kappa shape index (κ2) is 7.13. The molecule has 0 bridgehead atoms. The van der Waals surface area contributed by atoms with E-state index < -0.39 is 0 Å². The highest BCUT2D eigenvalue weighted by Gasteiger charge is 2.18. The van der Waals surface area contributed by atoms with E-state index in [2.05, 4.69) is 27.4 Å². The molecule has 3 nitrogen and oxygen atoms in total. The van der Waals surface area contributed by atoms with E-state index >= 15 is 0 Å². The Morgan fingerprint density at radius 2 is 1.76 bits per heavy atom. The van der Waals surface area contributed by atoms with Crippen molar-refractivity contribution in [1.82, 2.24) is 9.97 Å². The molecule has 0 aliphatic heterocycles. The van der Waals surface area contributed by atoms with Gasteiger partial charge < -0.3 is 5.32 Å². The molecule has 6 heteroatoms. The van der Waals surface area contributed by atoms with Crippen LogP contribution in [0.1, 0.15) is 16.6 Å². The van der Waals surface area contributed by atoms with E-state index in [-0.39, 0.29) is 11.9 Å². The van der Waals surface area contributed by atoms with Crippen LogP contribution in [0.25, 0.3) is 11.3 Å². The number of aromatic nitrogens is 2. The molecule has 1 unspecified atom stereocenters. The minimum absolute atomic E-state index is 0.0478. The molecule has 0 spiro atoms. The maximum Gasteiger partial charge on any atom is 0.184 e. The lowest BCUT2D eigenvalue weighted by molar-refractivity contribution is 0.628. The molecule has 1 N–H and O–H groups in total. The Morgan fingerprint density at radius 1 is 0.960 bits per heavy atom. The van der Waals surface area contributed by atoms with Crippen LogP contribution in [-0.2, 0) is 0 Å². The van der Waals surface area contributed by atoms with Gasteiger partial charge in [0, 0.05) is 22.5 Å². The summed E-state index contributed by atoms with van der Waals surface area (Å²) < 4.78 is 13.1. The number of anilines is 1. The van der Waals surface area contributed by atoms with Crippen LogP contribution in [0.4, 0.5) is 9.52 Å². The summed E-state index contributed by atoms with van der Waals surface area (Å²) in [6.45, 7) is 0. The van der Waals surface area contributed by atoms with Crippen molar-refractivity contribution in [3.05, 3.63) is 87.9 Å². The number of benzene rings is 2. The largest absolute Gasteiger partial charge is 0.348 e. The molecule has 0 amide bonds. The minimum Gasteiger partial charge on any atom is -0.348 e. The van der Waals surface area contributed by atoms with Crippen LogP contribution in [0.3, 0.4) is 0 Å². The van der Waals surface area contributed by atoms with Crippen LogP contribution in [0.2, 0.25) is 0 Å². The predicted molar refractivity (Wildman–Crippen MR) is 102 cm³/mol. The topological polar surface area (TPSA) is 37.8 Å². The zero-order valence-corrected chi connectivity index (χ0v) is 14.7. The molecule has 0 saturated heterocycles. The number of halogens is 1. The fourth-order valence-electron chi connectivity index (χ4n) is 2.53. The van der Waals surface area contributed by atoms with E-state index in [1.807, 2.05) is 35.2 Å². The Hall–Kier alpha value is -2.57. The first-order valence-corrected chi connectivity index (χ1v) is 9.48. The van der Waals surface area contributed by atoms with Gasteiger partial charge in [0.05, 0.1) is 5.69 Å². The van der Waals surface area contributed by atoms with Crippen molar-refractivity contribution in [3.8, 4) is 11.3 Å². The molecule has 2 aromatic carbocycles. The van der Waals surface area contributed by atoms with Gasteiger partial charge in [-0.05, 0) is 29.8 Å². The highest BCUT2D eigenvalue weighted by atomic mass is 32.1. The number of nitrogens with one attached hydrogen (secondary N) is 1. The van der Waals surface area contributed by atoms with Crippen molar-refractivity contribution in [2.75, 3.05) is 5.32 Å². The smallest absolute Gasteiger partial charge is 0.184 e. The van der Waals surface area contributed by atoms with Crippen molar-refractivity contribution in [1.29, 1.82) is 0 Å². The number of hydrogen-bond donors (Lipinski definition) is 1. The third kappa shape index (κ3) is 3.60. The molecule has 0 aliphatic carbocycles. The number of rotatable bonds is 5. The van der Waals surface area contributed by atoms with E-state index in [9.17, 15) is 4.39 Å². The van der Waals surface area contributed by atoms with E-state index in [1.54, 1.807) is 23.5 Å². The Balaban J connectivity index is 1.62. The van der Waals surface area contributed by atoms with Gasteiger partial charge in [-0.25, -0.2) is 14.4 Å². The predicted octanol–water partition coefficient (Wildman–Crippen LogP) is 5.61. The number of hydrogen-bond acceptors (Lipinski definition) is 5. The van der Waals surface area contributed by atoms with Gasteiger partial charge in [0.25, 0.3) is 0 Å². The molecule has 1 atom stereocenters. The van der Waals surface area contributed by atoms with Crippen LogP contribution >= 0.6 is 22.7 Å². The van der Waals surface area contributed by atoms with Gasteiger partial charge in [-0.3, -0.25) is 0 Å². The van der Waals surface area contributed by atoms with Gasteiger partial charge in [-0.1, -0.05) is 30.3 Å². The summed E-state index contributed by atoms with van der Waals surface area (Å²) >= 11 is 3.14. The molecule has 2 heterocycles. The Labute approximate surface area is 152 Å². The maximum absolute atomic E-state index is 13.1. The minimum atomic E-state index is -0.245. The van der Waals surface area contributed by atoms with Crippen LogP contribution in [0.5, 0.6) is 0 Å². The quantitative estimate of drug-likeness (QED) is 0.498. The Bertz CT molecular complexity index is 934. The molecule has 0 fully saturated rings. The monoisotopic (exact) mass is 367 g/mol. The molecule has 0 aliphatic rings. The molecule has 25 heavy (non-hydrogen) atoms. The third-order valence-corrected chi connectivity index (χ3v) is 5.36. The van der Waals surface area contributed by atoms with Crippen molar-refractivity contribution in [2.45, 2.75) is 6.04 Å². The van der Waals surface area contributed by atoms with Crippen LogP contribution < -0.4 is 5.32 Å². The van der Waals surface area contributed by atoms with Crippen LogP contribution in [0.15, 0.2) is 71.6 Å². The molecule has 0 radical (unpaired) electrons. The Morgan fingerprint density at radius 3 is 2.48 bits per heavy atom. The van der Waals surface area contributed by atoms with Crippen molar-refractivity contribution < 1.29 is 4.39 Å². The summed E-state index contributed by atoms with van der Waals surface area (Å²) in [5.74, 6) is -0.245. The van der Waals surface area contributed by atoms with Crippen LogP contribution in [-0.4, -0.2) is 9.97 Å². The summed E-state index contributed by atoms with van der Waals surface area (Å²) in [5, 5.41) is 9.22. The first kappa shape index (κ1) is 15.9. The van der Waals surface area contributed by atoms with Gasteiger partial charge in [-0.2, -0.15) is 0 Å². The fourth-order valence-corrected chi connectivity index (χ4v) is 3.99. The second-order valence-electron chi connectivity index (χ2n) is 5.40. The fraction of sp³-hybridized carbons (Fsp3) is 0.0526. The van der Waals surface area contributed by atoms with Gasteiger partial charge in [0.2, 0.25) is 0 Å². The Kier molecular flexibility index (Phi) is 4.54. The molecule has 0 saturated carbocycles. The highest BCUT2D eigenvalue weighted by Crippen LogP contribution is 2.31. The normalized spacial score (nSPS) is 12.0. The van der Waals surface area contributed by atoms with Gasteiger partial charge in [0.1, 0.15) is 16.9 Å². The lowest BCUT2D eigenvalue weighted by Gasteiger charge is -2.16. The molecule has 4 rings (SSSR count).